The first-order chi connectivity index (χ1) is 16.1. The predicted molar refractivity (Wildman–Crippen MR) is 132 cm³/mol. The molecule has 1 aromatic heterocycles. The van der Waals surface area contributed by atoms with E-state index in [4.69, 9.17) is 15.5 Å². The summed E-state index contributed by atoms with van der Waals surface area (Å²) in [7, 11) is 1.71. The highest BCUT2D eigenvalue weighted by atomic mass is 16.5. The van der Waals surface area contributed by atoms with Crippen LogP contribution < -0.4 is 10.5 Å². The van der Waals surface area contributed by atoms with E-state index in [9.17, 15) is 4.79 Å². The van der Waals surface area contributed by atoms with E-state index in [0.717, 1.165) is 50.2 Å². The zero-order chi connectivity index (χ0) is 22.8. The molecule has 2 heterocycles. The Morgan fingerprint density at radius 1 is 1.09 bits per heavy atom. The Hall–Kier alpha value is -2.92. The number of hydrogen-bond donors (Lipinski definition) is 1. The number of methoxy groups -OCH3 is 1. The van der Waals surface area contributed by atoms with Crippen molar-refractivity contribution < 1.29 is 9.53 Å². The quantitative estimate of drug-likeness (QED) is 0.601. The summed E-state index contributed by atoms with van der Waals surface area (Å²) < 4.78 is 5.28. The highest BCUT2D eigenvalue weighted by molar-refractivity contribution is 5.97. The number of carbonyl (C=O) groups is 1. The minimum absolute atomic E-state index is 0.387. The Balaban J connectivity index is 1.32. The van der Waals surface area contributed by atoms with Crippen molar-refractivity contribution in [1.29, 1.82) is 0 Å². The minimum Gasteiger partial charge on any atom is -0.497 e. The third-order valence-corrected chi connectivity index (χ3v) is 7.43. The fourth-order valence-electron chi connectivity index (χ4n) is 5.54. The molecule has 5 heteroatoms. The standard InChI is InChI=1S/C28H33N3O2/c1-33-22-9-6-20(7-10-22)18-31-14-12-19(13-15-31)16-25-23-4-2-3-5-26(23)30-27-17-21(28(29)32)8-11-24(25)27/h6-11,17,19H,2-5,12-16,18H2,1H3,(H2,29,32). The third kappa shape index (κ3) is 4.74. The number of primary amides is 1. The van der Waals surface area contributed by atoms with Crippen molar-refractivity contribution in [3.8, 4) is 5.75 Å². The first kappa shape index (κ1) is 21.9. The van der Waals surface area contributed by atoms with Crippen LogP contribution in [0.15, 0.2) is 42.5 Å². The fourth-order valence-corrected chi connectivity index (χ4v) is 5.54. The summed E-state index contributed by atoms with van der Waals surface area (Å²) >= 11 is 0. The Kier molecular flexibility index (Phi) is 6.32. The van der Waals surface area contributed by atoms with Gasteiger partial charge in [-0.05, 0) is 105 Å². The van der Waals surface area contributed by atoms with Gasteiger partial charge in [-0.15, -0.1) is 0 Å². The molecule has 2 N–H and O–H groups in total. The van der Waals surface area contributed by atoms with Gasteiger partial charge in [0.2, 0.25) is 5.91 Å². The Morgan fingerprint density at radius 2 is 1.85 bits per heavy atom. The average Bonchev–Trinajstić information content (AvgIpc) is 2.85. The van der Waals surface area contributed by atoms with Gasteiger partial charge in [0.1, 0.15) is 5.75 Å². The Bertz CT molecular complexity index is 1150. The number of aryl methyl sites for hydroxylation is 1. The van der Waals surface area contributed by atoms with Gasteiger partial charge in [0.25, 0.3) is 0 Å². The van der Waals surface area contributed by atoms with E-state index in [-0.39, 0.29) is 5.91 Å². The van der Waals surface area contributed by atoms with Gasteiger partial charge in [0, 0.05) is 23.2 Å². The second-order valence-electron chi connectivity index (χ2n) is 9.59. The van der Waals surface area contributed by atoms with Crippen molar-refractivity contribution in [2.75, 3.05) is 20.2 Å². The molecule has 0 saturated carbocycles. The van der Waals surface area contributed by atoms with Gasteiger partial charge in [0.05, 0.1) is 12.6 Å². The van der Waals surface area contributed by atoms with Crippen LogP contribution in [-0.4, -0.2) is 36.0 Å². The zero-order valence-electron chi connectivity index (χ0n) is 19.5. The molecule has 1 fully saturated rings. The lowest BCUT2D eigenvalue weighted by molar-refractivity contribution is 0.100. The van der Waals surface area contributed by atoms with E-state index in [1.807, 2.05) is 24.3 Å². The fraction of sp³-hybridized carbons (Fsp3) is 0.429. The molecule has 172 valence electrons. The maximum Gasteiger partial charge on any atom is 0.248 e. The van der Waals surface area contributed by atoms with Crippen molar-refractivity contribution in [3.63, 3.8) is 0 Å². The topological polar surface area (TPSA) is 68.4 Å². The molecular weight excluding hydrogens is 410 g/mol. The van der Waals surface area contributed by atoms with Crippen LogP contribution in [-0.2, 0) is 25.8 Å². The lowest BCUT2D eigenvalue weighted by Crippen LogP contribution is -2.34. The van der Waals surface area contributed by atoms with E-state index < -0.39 is 0 Å². The molecule has 0 spiro atoms. The second kappa shape index (κ2) is 9.52. The lowest BCUT2D eigenvalue weighted by Gasteiger charge is -2.33. The number of carbonyl (C=O) groups excluding carboxylic acids is 1. The molecule has 33 heavy (non-hydrogen) atoms. The number of benzene rings is 2. The predicted octanol–water partition coefficient (Wildman–Crippen LogP) is 4.68. The lowest BCUT2D eigenvalue weighted by atomic mass is 9.83. The minimum atomic E-state index is -0.387. The van der Waals surface area contributed by atoms with E-state index in [0.29, 0.717) is 11.5 Å². The number of aromatic nitrogens is 1. The monoisotopic (exact) mass is 443 g/mol. The molecule has 5 nitrogen and oxygen atoms in total. The molecule has 2 aliphatic rings. The molecule has 0 atom stereocenters. The van der Waals surface area contributed by atoms with Crippen LogP contribution in [0.4, 0.5) is 0 Å². The number of ether oxygens (including phenoxy) is 1. The number of likely N-dealkylation sites (tertiary alicyclic amines) is 1. The number of hydrogen-bond acceptors (Lipinski definition) is 4. The van der Waals surface area contributed by atoms with Gasteiger partial charge >= 0.3 is 0 Å². The van der Waals surface area contributed by atoms with E-state index in [2.05, 4.69) is 23.1 Å². The number of rotatable bonds is 6. The van der Waals surface area contributed by atoms with Crippen molar-refractivity contribution in [3.05, 3.63) is 70.4 Å². The van der Waals surface area contributed by atoms with E-state index in [1.165, 1.54) is 53.5 Å². The summed E-state index contributed by atoms with van der Waals surface area (Å²) in [4.78, 5) is 19.2. The average molecular weight is 444 g/mol. The molecule has 2 aromatic carbocycles. The summed E-state index contributed by atoms with van der Waals surface area (Å²) in [6, 6.07) is 14.2. The van der Waals surface area contributed by atoms with Crippen LogP contribution in [0.1, 0.15) is 58.4 Å². The van der Waals surface area contributed by atoms with Gasteiger partial charge in [-0.1, -0.05) is 18.2 Å². The molecule has 1 saturated heterocycles. The van der Waals surface area contributed by atoms with Crippen molar-refractivity contribution in [2.24, 2.45) is 11.7 Å². The number of piperidine rings is 1. The smallest absolute Gasteiger partial charge is 0.248 e. The molecule has 1 amide bonds. The van der Waals surface area contributed by atoms with Crippen LogP contribution in [0, 0.1) is 5.92 Å². The first-order valence-corrected chi connectivity index (χ1v) is 12.2. The van der Waals surface area contributed by atoms with Gasteiger partial charge in [-0.3, -0.25) is 14.7 Å². The summed E-state index contributed by atoms with van der Waals surface area (Å²) in [5.41, 5.74) is 12.5. The Labute approximate surface area is 195 Å². The van der Waals surface area contributed by atoms with Crippen LogP contribution in [0.25, 0.3) is 10.9 Å². The molecule has 0 unspecified atom stereocenters. The Morgan fingerprint density at radius 3 is 2.58 bits per heavy atom. The summed E-state index contributed by atoms with van der Waals surface area (Å²) in [5, 5.41) is 1.21. The highest BCUT2D eigenvalue weighted by Crippen LogP contribution is 2.33. The highest BCUT2D eigenvalue weighted by Gasteiger charge is 2.24. The van der Waals surface area contributed by atoms with Crippen LogP contribution in [0.2, 0.25) is 0 Å². The van der Waals surface area contributed by atoms with Gasteiger partial charge in [-0.2, -0.15) is 0 Å². The zero-order valence-corrected chi connectivity index (χ0v) is 19.5. The molecule has 1 aliphatic heterocycles. The van der Waals surface area contributed by atoms with Crippen molar-refractivity contribution >= 4 is 16.8 Å². The summed E-state index contributed by atoms with van der Waals surface area (Å²) in [6.07, 6.45) is 8.15. The molecule has 1 aliphatic carbocycles. The van der Waals surface area contributed by atoms with Gasteiger partial charge < -0.3 is 10.5 Å². The molecular formula is C28H33N3O2. The number of nitrogens with two attached hydrogens (primary N) is 1. The number of fused-ring (bicyclic) bond motifs is 2. The summed E-state index contributed by atoms with van der Waals surface area (Å²) in [5.74, 6) is 1.21. The van der Waals surface area contributed by atoms with Crippen LogP contribution in [0.5, 0.6) is 5.75 Å². The maximum absolute atomic E-state index is 11.7. The molecule has 0 radical (unpaired) electrons. The van der Waals surface area contributed by atoms with Gasteiger partial charge in [-0.25, -0.2) is 0 Å². The number of pyridine rings is 1. The van der Waals surface area contributed by atoms with Crippen LogP contribution in [0.3, 0.4) is 0 Å². The second-order valence-corrected chi connectivity index (χ2v) is 9.59. The molecule has 5 rings (SSSR count). The van der Waals surface area contributed by atoms with Crippen LogP contribution >= 0.6 is 0 Å². The number of amides is 1. The molecule has 3 aromatic rings. The maximum atomic E-state index is 11.7. The molecule has 0 bridgehead atoms. The SMILES string of the molecule is COc1ccc(CN2CCC(Cc3c4c(nc5cc(C(N)=O)ccc35)CCCC4)CC2)cc1. The van der Waals surface area contributed by atoms with E-state index >= 15 is 0 Å². The van der Waals surface area contributed by atoms with Crippen molar-refractivity contribution in [2.45, 2.75) is 51.5 Å². The first-order valence-electron chi connectivity index (χ1n) is 12.2. The van der Waals surface area contributed by atoms with Crippen molar-refractivity contribution in [1.82, 2.24) is 9.88 Å². The summed E-state index contributed by atoms with van der Waals surface area (Å²) in [6.45, 7) is 3.27. The van der Waals surface area contributed by atoms with Gasteiger partial charge in [0.15, 0.2) is 0 Å². The third-order valence-electron chi connectivity index (χ3n) is 7.43. The normalized spacial score (nSPS) is 17.1. The van der Waals surface area contributed by atoms with E-state index in [1.54, 1.807) is 7.11 Å². The number of nitrogens with zero attached hydrogens (tertiary/aromatic N) is 2. The largest absolute Gasteiger partial charge is 0.497 e.